The van der Waals surface area contributed by atoms with Crippen LogP contribution in [0.25, 0.3) is 10.9 Å². The molecule has 2 heterocycles. The lowest BCUT2D eigenvalue weighted by Crippen LogP contribution is -2.49. The molecule has 1 saturated carbocycles. The molecule has 0 radical (unpaired) electrons. The van der Waals surface area contributed by atoms with E-state index in [-0.39, 0.29) is 12.1 Å². The summed E-state index contributed by atoms with van der Waals surface area (Å²) in [4.78, 5) is 3.46. The first-order valence-corrected chi connectivity index (χ1v) is 10.7. The average molecular weight is 362 g/mol. The molecule has 1 aliphatic heterocycles. The highest BCUT2D eigenvalue weighted by atomic mass is 32.2. The van der Waals surface area contributed by atoms with Gasteiger partial charge >= 0.3 is 0 Å². The Morgan fingerprint density at radius 3 is 2.64 bits per heavy atom. The molecule has 4 rings (SSSR count). The summed E-state index contributed by atoms with van der Waals surface area (Å²) in [5.74, 6) is 0. The van der Waals surface area contributed by atoms with Crippen LogP contribution in [0.4, 0.5) is 0 Å². The molecule has 0 bridgehead atoms. The van der Waals surface area contributed by atoms with Gasteiger partial charge in [0.25, 0.3) is 10.2 Å². The average Bonchev–Trinajstić information content (AvgIpc) is 3.02. The van der Waals surface area contributed by atoms with E-state index in [1.165, 1.54) is 17.4 Å². The molecule has 2 aliphatic rings. The van der Waals surface area contributed by atoms with Crippen molar-refractivity contribution < 1.29 is 8.42 Å². The second-order valence-electron chi connectivity index (χ2n) is 7.42. The molecule has 25 heavy (non-hydrogen) atoms. The summed E-state index contributed by atoms with van der Waals surface area (Å²) in [6.07, 6.45) is 6.22. The molecule has 2 aromatic rings. The Morgan fingerprint density at radius 1 is 1.16 bits per heavy atom. The second-order valence-corrected chi connectivity index (χ2v) is 9.36. The van der Waals surface area contributed by atoms with Crippen LogP contribution in [0.5, 0.6) is 0 Å². The molecule has 136 valence electrons. The predicted octanol–water partition coefficient (Wildman–Crippen LogP) is 3.60. The third-order valence-corrected chi connectivity index (χ3v) is 8.15. The van der Waals surface area contributed by atoms with E-state index in [0.717, 1.165) is 43.3 Å². The van der Waals surface area contributed by atoms with E-state index in [9.17, 15) is 8.42 Å². The Bertz CT molecular complexity index is 868. The second kappa shape index (κ2) is 6.41. The summed E-state index contributed by atoms with van der Waals surface area (Å²) < 4.78 is 29.8. The van der Waals surface area contributed by atoms with Gasteiger partial charge in [0.15, 0.2) is 0 Å². The van der Waals surface area contributed by atoms with Gasteiger partial charge in [-0.1, -0.05) is 37.5 Å². The zero-order valence-electron chi connectivity index (χ0n) is 15.0. The van der Waals surface area contributed by atoms with Crippen LogP contribution in [0.1, 0.15) is 56.3 Å². The van der Waals surface area contributed by atoms with E-state index in [4.69, 9.17) is 0 Å². The zero-order valence-corrected chi connectivity index (χ0v) is 15.8. The molecular formula is C19H27N3O2S. The number of rotatable bonds is 3. The van der Waals surface area contributed by atoms with E-state index in [1.54, 1.807) is 15.7 Å². The Hall–Kier alpha value is -1.37. The van der Waals surface area contributed by atoms with Gasteiger partial charge in [0, 0.05) is 36.2 Å². The van der Waals surface area contributed by atoms with Crippen molar-refractivity contribution in [1.82, 2.24) is 13.6 Å². The molecule has 0 spiro atoms. The minimum atomic E-state index is -3.44. The largest absolute Gasteiger partial charge is 0.357 e. The Labute approximate surface area is 150 Å². The number of nitrogens with zero attached hydrogens (tertiary/aromatic N) is 2. The van der Waals surface area contributed by atoms with Crippen LogP contribution < -0.4 is 0 Å². The van der Waals surface area contributed by atoms with Crippen LogP contribution in [0.2, 0.25) is 0 Å². The van der Waals surface area contributed by atoms with Crippen molar-refractivity contribution in [3.8, 4) is 0 Å². The number of hydrogen-bond donors (Lipinski definition) is 1. The Kier molecular flexibility index (Phi) is 4.38. The summed E-state index contributed by atoms with van der Waals surface area (Å²) in [6.45, 7) is 2.55. The number of fused-ring (bicyclic) bond motifs is 3. The Balaban J connectivity index is 1.65. The van der Waals surface area contributed by atoms with Crippen molar-refractivity contribution in [3.05, 3.63) is 35.5 Å². The van der Waals surface area contributed by atoms with Gasteiger partial charge in [-0.05, 0) is 37.8 Å². The summed E-state index contributed by atoms with van der Waals surface area (Å²) in [5.41, 5.74) is 3.42. The number of para-hydroxylation sites is 1. The molecule has 1 aromatic heterocycles. The van der Waals surface area contributed by atoms with Gasteiger partial charge in [-0.3, -0.25) is 0 Å². The smallest absolute Gasteiger partial charge is 0.282 e. The monoisotopic (exact) mass is 361 g/mol. The normalized spacial score (nSPS) is 23.2. The van der Waals surface area contributed by atoms with Crippen LogP contribution in [-0.2, 0) is 16.6 Å². The molecule has 1 atom stereocenters. The van der Waals surface area contributed by atoms with Gasteiger partial charge in [0.05, 0.1) is 6.04 Å². The topological polar surface area (TPSA) is 56.4 Å². The summed E-state index contributed by atoms with van der Waals surface area (Å²) >= 11 is 0. The van der Waals surface area contributed by atoms with E-state index < -0.39 is 10.2 Å². The minimum Gasteiger partial charge on any atom is -0.357 e. The zero-order chi connectivity index (χ0) is 17.6. The Morgan fingerprint density at radius 2 is 1.88 bits per heavy atom. The minimum absolute atomic E-state index is 0.148. The highest BCUT2D eigenvalue weighted by Gasteiger charge is 2.39. The van der Waals surface area contributed by atoms with Crippen LogP contribution in [0.3, 0.4) is 0 Å². The summed E-state index contributed by atoms with van der Waals surface area (Å²) in [5, 5.41) is 1.22. The first-order chi connectivity index (χ1) is 12.0. The molecule has 1 fully saturated rings. The number of nitrogens with one attached hydrogen (secondary N) is 1. The molecule has 6 heteroatoms. The number of aromatic amines is 1. The maximum absolute atomic E-state index is 13.3. The lowest BCUT2D eigenvalue weighted by molar-refractivity contribution is 0.242. The highest BCUT2D eigenvalue weighted by Crippen LogP contribution is 2.37. The van der Waals surface area contributed by atoms with Crippen molar-refractivity contribution in [2.45, 2.75) is 57.5 Å². The molecular weight excluding hydrogens is 334 g/mol. The molecule has 5 nitrogen and oxygen atoms in total. The molecule has 0 saturated heterocycles. The third-order valence-electron chi connectivity index (χ3n) is 6.03. The first-order valence-electron chi connectivity index (χ1n) is 9.34. The molecule has 1 N–H and O–H groups in total. The molecule has 1 aromatic carbocycles. The SMILES string of the molecule is C[C@@H]1c2[nH]c3ccccc3c2CCN1S(=O)(=O)N(C)C1CCCCC1. The first kappa shape index (κ1) is 17.1. The van der Waals surface area contributed by atoms with Crippen molar-refractivity contribution in [1.29, 1.82) is 0 Å². The van der Waals surface area contributed by atoms with Gasteiger partial charge < -0.3 is 4.98 Å². The molecule has 0 unspecified atom stereocenters. The number of H-pyrrole nitrogens is 1. The number of benzene rings is 1. The molecule has 1 aliphatic carbocycles. The standard InChI is InChI=1S/C19H27N3O2S/c1-14-19-17(16-10-6-7-11-18(16)20-19)12-13-22(14)25(23,24)21(2)15-8-4-3-5-9-15/h6-7,10-11,14-15,20H,3-5,8-9,12-13H2,1-2H3/t14-/m1/s1. The predicted molar refractivity (Wildman–Crippen MR) is 101 cm³/mol. The number of aromatic nitrogens is 1. The van der Waals surface area contributed by atoms with E-state index >= 15 is 0 Å². The maximum Gasteiger partial charge on any atom is 0.282 e. The maximum atomic E-state index is 13.3. The van der Waals surface area contributed by atoms with Crippen LogP contribution in [0.15, 0.2) is 24.3 Å². The lowest BCUT2D eigenvalue weighted by atomic mass is 9.96. The van der Waals surface area contributed by atoms with Crippen molar-refractivity contribution >= 4 is 21.1 Å². The van der Waals surface area contributed by atoms with Crippen molar-refractivity contribution in [2.75, 3.05) is 13.6 Å². The van der Waals surface area contributed by atoms with Crippen LogP contribution in [-0.4, -0.2) is 41.6 Å². The third kappa shape index (κ3) is 2.80. The van der Waals surface area contributed by atoms with Gasteiger partial charge in [-0.2, -0.15) is 17.0 Å². The summed E-state index contributed by atoms with van der Waals surface area (Å²) in [6, 6.07) is 8.23. The van der Waals surface area contributed by atoms with Gasteiger partial charge in [0.1, 0.15) is 0 Å². The number of hydrogen-bond acceptors (Lipinski definition) is 2. The fourth-order valence-electron chi connectivity index (χ4n) is 4.52. The fraction of sp³-hybridized carbons (Fsp3) is 0.579. The van der Waals surface area contributed by atoms with Crippen molar-refractivity contribution in [2.24, 2.45) is 0 Å². The van der Waals surface area contributed by atoms with Crippen LogP contribution >= 0.6 is 0 Å². The highest BCUT2D eigenvalue weighted by molar-refractivity contribution is 7.86. The van der Waals surface area contributed by atoms with E-state index in [2.05, 4.69) is 17.1 Å². The summed E-state index contributed by atoms with van der Waals surface area (Å²) in [7, 11) is -1.68. The van der Waals surface area contributed by atoms with Crippen LogP contribution in [0, 0.1) is 0 Å². The quantitative estimate of drug-likeness (QED) is 0.908. The van der Waals surface area contributed by atoms with Gasteiger partial charge in [-0.15, -0.1) is 0 Å². The van der Waals surface area contributed by atoms with E-state index in [0.29, 0.717) is 6.54 Å². The lowest BCUT2D eigenvalue weighted by Gasteiger charge is -2.38. The van der Waals surface area contributed by atoms with Gasteiger partial charge in [0.2, 0.25) is 0 Å². The van der Waals surface area contributed by atoms with Crippen molar-refractivity contribution in [3.63, 3.8) is 0 Å². The van der Waals surface area contributed by atoms with E-state index in [1.807, 2.05) is 19.1 Å². The van der Waals surface area contributed by atoms with Gasteiger partial charge in [-0.25, -0.2) is 0 Å². The molecule has 0 amide bonds. The fourth-order valence-corrected chi connectivity index (χ4v) is 6.27.